The second-order valence-electron chi connectivity index (χ2n) is 6.29. The molecule has 1 aromatic carbocycles. The van der Waals surface area contributed by atoms with Crippen LogP contribution in [0.3, 0.4) is 0 Å². The molecule has 2 rings (SSSR count). The fraction of sp³-hybridized carbons (Fsp3) is 0.529. The SMILES string of the molecule is CCOC(=O)N1CCC(NC(=O)c2ccc(N(C)C)c([N+](=O)[O-])c2)CC1. The van der Waals surface area contributed by atoms with Crippen molar-refractivity contribution < 1.29 is 19.2 Å². The van der Waals surface area contributed by atoms with Crippen molar-refractivity contribution in [2.75, 3.05) is 38.7 Å². The molecule has 0 atom stereocenters. The number of carbonyl (C=O) groups is 2. The number of ether oxygens (including phenoxy) is 1. The quantitative estimate of drug-likeness (QED) is 0.633. The van der Waals surface area contributed by atoms with Gasteiger partial charge in [-0.3, -0.25) is 14.9 Å². The molecule has 1 N–H and O–H groups in total. The van der Waals surface area contributed by atoms with E-state index in [1.165, 1.54) is 6.07 Å². The number of carbonyl (C=O) groups excluding carboxylic acids is 2. The van der Waals surface area contributed by atoms with Gasteiger partial charge >= 0.3 is 6.09 Å². The largest absolute Gasteiger partial charge is 0.450 e. The number of nitro benzene ring substituents is 1. The number of amides is 2. The van der Waals surface area contributed by atoms with Gasteiger partial charge in [0.15, 0.2) is 0 Å². The molecular formula is C17H24N4O5. The normalized spacial score (nSPS) is 14.7. The van der Waals surface area contributed by atoms with Gasteiger partial charge in [0.25, 0.3) is 11.6 Å². The summed E-state index contributed by atoms with van der Waals surface area (Å²) >= 11 is 0. The third-order valence-electron chi connectivity index (χ3n) is 4.27. The zero-order valence-corrected chi connectivity index (χ0v) is 15.2. The van der Waals surface area contributed by atoms with Crippen molar-refractivity contribution in [3.63, 3.8) is 0 Å². The second kappa shape index (κ2) is 8.50. The number of piperidine rings is 1. The summed E-state index contributed by atoms with van der Waals surface area (Å²) in [5, 5.41) is 14.1. The van der Waals surface area contributed by atoms with Gasteiger partial charge in [-0.1, -0.05) is 0 Å². The Morgan fingerprint density at radius 3 is 2.54 bits per heavy atom. The Morgan fingerprint density at radius 1 is 1.35 bits per heavy atom. The molecule has 9 heteroatoms. The Kier molecular flexibility index (Phi) is 6.37. The zero-order chi connectivity index (χ0) is 19.3. The number of hydrogen-bond acceptors (Lipinski definition) is 6. The zero-order valence-electron chi connectivity index (χ0n) is 15.2. The molecule has 2 amide bonds. The molecule has 0 spiro atoms. The topological polar surface area (TPSA) is 105 Å². The molecule has 1 saturated heterocycles. The van der Waals surface area contributed by atoms with Gasteiger partial charge in [0.1, 0.15) is 5.69 Å². The van der Waals surface area contributed by atoms with Crippen LogP contribution in [0.15, 0.2) is 18.2 Å². The first kappa shape index (κ1) is 19.5. The highest BCUT2D eigenvalue weighted by atomic mass is 16.6. The average molecular weight is 364 g/mol. The first-order valence-corrected chi connectivity index (χ1v) is 8.51. The number of nitro groups is 1. The van der Waals surface area contributed by atoms with Gasteiger partial charge in [-0.05, 0) is 31.9 Å². The predicted molar refractivity (Wildman–Crippen MR) is 96.5 cm³/mol. The lowest BCUT2D eigenvalue weighted by molar-refractivity contribution is -0.384. The molecule has 0 aliphatic carbocycles. The number of likely N-dealkylation sites (tertiary alicyclic amines) is 1. The van der Waals surface area contributed by atoms with Crippen LogP contribution in [0.4, 0.5) is 16.2 Å². The number of anilines is 1. The summed E-state index contributed by atoms with van der Waals surface area (Å²) in [4.78, 5) is 38.1. The Morgan fingerprint density at radius 2 is 2.00 bits per heavy atom. The maximum absolute atomic E-state index is 12.4. The summed E-state index contributed by atoms with van der Waals surface area (Å²) < 4.78 is 4.96. The molecule has 0 bridgehead atoms. The lowest BCUT2D eigenvalue weighted by atomic mass is 10.0. The molecule has 1 aliphatic rings. The Bertz CT molecular complexity index is 684. The monoisotopic (exact) mass is 364 g/mol. The summed E-state index contributed by atoms with van der Waals surface area (Å²) in [6.07, 6.45) is 0.886. The van der Waals surface area contributed by atoms with E-state index in [1.807, 2.05) is 0 Å². The van der Waals surface area contributed by atoms with Crippen molar-refractivity contribution in [3.8, 4) is 0 Å². The molecule has 0 radical (unpaired) electrons. The molecule has 26 heavy (non-hydrogen) atoms. The maximum Gasteiger partial charge on any atom is 0.409 e. The van der Waals surface area contributed by atoms with Gasteiger partial charge in [0, 0.05) is 44.9 Å². The highest BCUT2D eigenvalue weighted by molar-refractivity contribution is 5.96. The predicted octanol–water partition coefficient (Wildman–Crippen LogP) is 2.01. The van der Waals surface area contributed by atoms with Crippen molar-refractivity contribution in [2.24, 2.45) is 0 Å². The van der Waals surface area contributed by atoms with Crippen molar-refractivity contribution >= 4 is 23.4 Å². The van der Waals surface area contributed by atoms with E-state index in [4.69, 9.17) is 4.74 Å². The van der Waals surface area contributed by atoms with E-state index in [9.17, 15) is 19.7 Å². The minimum absolute atomic E-state index is 0.0826. The van der Waals surface area contributed by atoms with Crippen LogP contribution in [0.1, 0.15) is 30.1 Å². The highest BCUT2D eigenvalue weighted by Crippen LogP contribution is 2.27. The number of benzene rings is 1. The summed E-state index contributed by atoms with van der Waals surface area (Å²) in [5.74, 6) is -0.354. The van der Waals surface area contributed by atoms with Crippen LogP contribution in [-0.2, 0) is 4.74 Å². The lowest BCUT2D eigenvalue weighted by Gasteiger charge is -2.31. The van der Waals surface area contributed by atoms with Crippen LogP contribution in [-0.4, -0.2) is 61.7 Å². The molecular weight excluding hydrogens is 340 g/mol. The number of rotatable bonds is 5. The van der Waals surface area contributed by atoms with Crippen LogP contribution in [0.25, 0.3) is 0 Å². The second-order valence-corrected chi connectivity index (χ2v) is 6.29. The maximum atomic E-state index is 12.4. The summed E-state index contributed by atoms with van der Waals surface area (Å²) in [7, 11) is 3.42. The van der Waals surface area contributed by atoms with Crippen LogP contribution in [0, 0.1) is 10.1 Å². The summed E-state index contributed by atoms with van der Waals surface area (Å²) in [6.45, 7) is 3.09. The molecule has 9 nitrogen and oxygen atoms in total. The van der Waals surface area contributed by atoms with Crippen LogP contribution in [0.5, 0.6) is 0 Å². The van der Waals surface area contributed by atoms with Gasteiger partial charge in [-0.15, -0.1) is 0 Å². The van der Waals surface area contributed by atoms with E-state index in [2.05, 4.69) is 5.32 Å². The summed E-state index contributed by atoms with van der Waals surface area (Å²) in [6, 6.07) is 4.35. The smallest absolute Gasteiger partial charge is 0.409 e. The number of hydrogen-bond donors (Lipinski definition) is 1. The van der Waals surface area contributed by atoms with Gasteiger partial charge in [-0.2, -0.15) is 0 Å². The van der Waals surface area contributed by atoms with Crippen molar-refractivity contribution in [2.45, 2.75) is 25.8 Å². The van der Waals surface area contributed by atoms with E-state index in [0.29, 0.717) is 38.2 Å². The third-order valence-corrected chi connectivity index (χ3v) is 4.27. The van der Waals surface area contributed by atoms with Crippen molar-refractivity contribution in [1.29, 1.82) is 0 Å². The van der Waals surface area contributed by atoms with Crippen molar-refractivity contribution in [3.05, 3.63) is 33.9 Å². The Labute approximate surface area is 152 Å². The fourth-order valence-corrected chi connectivity index (χ4v) is 2.88. The lowest BCUT2D eigenvalue weighted by Crippen LogP contribution is -2.46. The van der Waals surface area contributed by atoms with Crippen LogP contribution < -0.4 is 10.2 Å². The van der Waals surface area contributed by atoms with Gasteiger partial charge in [0.05, 0.1) is 11.5 Å². The first-order chi connectivity index (χ1) is 12.3. The van der Waals surface area contributed by atoms with Crippen LogP contribution >= 0.6 is 0 Å². The molecule has 142 valence electrons. The van der Waals surface area contributed by atoms with Crippen LogP contribution in [0.2, 0.25) is 0 Å². The van der Waals surface area contributed by atoms with Gasteiger partial charge in [-0.25, -0.2) is 4.79 Å². The molecule has 1 aliphatic heterocycles. The fourth-order valence-electron chi connectivity index (χ4n) is 2.88. The van der Waals surface area contributed by atoms with E-state index < -0.39 is 4.92 Å². The molecule has 1 fully saturated rings. The van der Waals surface area contributed by atoms with E-state index in [0.717, 1.165) is 0 Å². The number of nitrogens with zero attached hydrogens (tertiary/aromatic N) is 3. The standard InChI is InChI=1S/C17H24N4O5/c1-4-26-17(23)20-9-7-13(8-10-20)18-16(22)12-5-6-14(19(2)3)15(11-12)21(24)25/h5-6,11,13H,4,7-10H2,1-3H3,(H,18,22). The summed E-state index contributed by atoms with van der Waals surface area (Å²) in [5.41, 5.74) is 0.573. The molecule has 0 saturated carbocycles. The minimum atomic E-state index is -0.496. The highest BCUT2D eigenvalue weighted by Gasteiger charge is 2.26. The molecule has 0 aromatic heterocycles. The number of nitrogens with one attached hydrogen (secondary N) is 1. The molecule has 0 unspecified atom stereocenters. The third kappa shape index (κ3) is 4.62. The minimum Gasteiger partial charge on any atom is -0.450 e. The Balaban J connectivity index is 1.99. The van der Waals surface area contributed by atoms with Gasteiger partial charge in [0.2, 0.25) is 0 Å². The van der Waals surface area contributed by atoms with E-state index in [1.54, 1.807) is 43.0 Å². The van der Waals surface area contributed by atoms with Crippen molar-refractivity contribution in [1.82, 2.24) is 10.2 Å². The van der Waals surface area contributed by atoms with E-state index in [-0.39, 0.29) is 29.3 Å². The van der Waals surface area contributed by atoms with E-state index >= 15 is 0 Å². The molecule has 1 heterocycles. The first-order valence-electron chi connectivity index (χ1n) is 8.51. The average Bonchev–Trinajstić information content (AvgIpc) is 2.61. The molecule has 1 aromatic rings. The Hall–Kier alpha value is -2.84. The van der Waals surface area contributed by atoms with Gasteiger partial charge < -0.3 is 19.9 Å².